The van der Waals surface area contributed by atoms with Gasteiger partial charge in [0.25, 0.3) is 5.91 Å². The lowest BCUT2D eigenvalue weighted by Crippen LogP contribution is -2.44. The largest absolute Gasteiger partial charge is 0.350 e. The second-order valence-corrected chi connectivity index (χ2v) is 11.8. The van der Waals surface area contributed by atoms with Crippen LogP contribution in [0.2, 0.25) is 0 Å². The Morgan fingerprint density at radius 2 is 1.62 bits per heavy atom. The number of nitrogens with zero attached hydrogens (tertiary/aromatic N) is 3. The second-order valence-electron chi connectivity index (χ2n) is 9.90. The van der Waals surface area contributed by atoms with E-state index in [4.69, 9.17) is 0 Å². The number of carbonyl (C=O) groups excluding carboxylic acids is 1. The van der Waals surface area contributed by atoms with E-state index >= 15 is 0 Å². The zero-order valence-electron chi connectivity index (χ0n) is 19.4. The van der Waals surface area contributed by atoms with Crippen molar-refractivity contribution in [3.8, 4) is 0 Å². The van der Waals surface area contributed by atoms with Crippen LogP contribution in [0.25, 0.3) is 10.9 Å². The monoisotopic (exact) mass is 459 g/mol. The number of fused-ring (bicyclic) bond motifs is 1. The fourth-order valence-electron chi connectivity index (χ4n) is 5.16. The highest BCUT2D eigenvalue weighted by Gasteiger charge is 2.30. The molecule has 0 radical (unpaired) electrons. The zero-order chi connectivity index (χ0) is 23.2. The number of hydrogen-bond donors (Lipinski definition) is 0. The number of sulfonamides is 1. The summed E-state index contributed by atoms with van der Waals surface area (Å²) in [4.78, 5) is 28.5. The van der Waals surface area contributed by atoms with Crippen LogP contribution in [0.3, 0.4) is 0 Å². The molecule has 2 fully saturated rings. The van der Waals surface area contributed by atoms with Crippen molar-refractivity contribution in [2.45, 2.75) is 44.9 Å². The summed E-state index contributed by atoms with van der Waals surface area (Å²) in [5, 5.41) is 0.267. The number of aryl methyl sites for hydroxylation is 1. The molecule has 0 bridgehead atoms. The molecule has 0 unspecified atom stereocenters. The van der Waals surface area contributed by atoms with Crippen molar-refractivity contribution in [3.63, 3.8) is 0 Å². The number of aromatic nitrogens is 1. The Morgan fingerprint density at radius 1 is 1.00 bits per heavy atom. The number of hydrogen-bond acceptors (Lipinski definition) is 4. The van der Waals surface area contributed by atoms with Gasteiger partial charge in [-0.1, -0.05) is 20.8 Å². The average Bonchev–Trinajstić information content (AvgIpc) is 2.75. The summed E-state index contributed by atoms with van der Waals surface area (Å²) in [7, 11) is -1.91. The maximum Gasteiger partial charge on any atom is 0.259 e. The number of pyridine rings is 1. The summed E-state index contributed by atoms with van der Waals surface area (Å²) in [6, 6.07) is 4.67. The molecule has 2 aromatic rings. The molecule has 8 heteroatoms. The Kier molecular flexibility index (Phi) is 6.20. The van der Waals surface area contributed by atoms with Crippen LogP contribution in [0.5, 0.6) is 0 Å². The highest BCUT2D eigenvalue weighted by Crippen LogP contribution is 2.26. The van der Waals surface area contributed by atoms with Gasteiger partial charge in [-0.25, -0.2) is 8.42 Å². The summed E-state index contributed by atoms with van der Waals surface area (Å²) in [5.41, 5.74) is 0.305. The Bertz CT molecular complexity index is 1190. The number of rotatable bonds is 3. The van der Waals surface area contributed by atoms with Gasteiger partial charge in [-0.05, 0) is 55.2 Å². The van der Waals surface area contributed by atoms with Crippen molar-refractivity contribution in [2.24, 2.45) is 24.8 Å². The second kappa shape index (κ2) is 8.63. The highest BCUT2D eigenvalue weighted by atomic mass is 32.2. The van der Waals surface area contributed by atoms with Crippen molar-refractivity contribution in [1.29, 1.82) is 0 Å². The van der Waals surface area contributed by atoms with Gasteiger partial charge in [0.15, 0.2) is 0 Å². The molecule has 2 saturated heterocycles. The number of benzene rings is 1. The molecule has 32 heavy (non-hydrogen) atoms. The third-order valence-corrected chi connectivity index (χ3v) is 8.82. The Morgan fingerprint density at radius 3 is 2.25 bits per heavy atom. The summed E-state index contributed by atoms with van der Waals surface area (Å²) in [6.07, 6.45) is 4.31. The zero-order valence-corrected chi connectivity index (χ0v) is 20.2. The molecule has 3 heterocycles. The van der Waals surface area contributed by atoms with Crippen molar-refractivity contribution < 1.29 is 13.2 Å². The highest BCUT2D eigenvalue weighted by molar-refractivity contribution is 7.89. The van der Waals surface area contributed by atoms with E-state index in [1.165, 1.54) is 10.4 Å². The Labute approximate surface area is 190 Å². The molecular weight excluding hydrogens is 426 g/mol. The van der Waals surface area contributed by atoms with Gasteiger partial charge in [0.05, 0.1) is 10.4 Å². The van der Waals surface area contributed by atoms with Gasteiger partial charge in [-0.2, -0.15) is 4.31 Å². The molecule has 1 aromatic carbocycles. The molecule has 0 aliphatic carbocycles. The Balaban J connectivity index is 1.74. The molecule has 2 atom stereocenters. The van der Waals surface area contributed by atoms with Gasteiger partial charge < -0.3 is 9.47 Å². The van der Waals surface area contributed by atoms with E-state index in [1.54, 1.807) is 34.8 Å². The minimum absolute atomic E-state index is 0.0997. The van der Waals surface area contributed by atoms with Crippen LogP contribution in [0.4, 0.5) is 0 Å². The summed E-state index contributed by atoms with van der Waals surface area (Å²) >= 11 is 0. The first-order valence-corrected chi connectivity index (χ1v) is 12.9. The van der Waals surface area contributed by atoms with Crippen molar-refractivity contribution in [1.82, 2.24) is 13.8 Å². The van der Waals surface area contributed by atoms with Crippen LogP contribution in [-0.2, 0) is 17.1 Å². The molecule has 0 N–H and O–H groups in total. The SMILES string of the molecule is CC1CCN(S(=O)(=O)c2ccc3c(c2)c(=O)c(C(=O)N2C[C@H](C)C[C@H](C)C2)cn3C)CC1. The molecule has 0 spiro atoms. The number of amides is 1. The third kappa shape index (κ3) is 4.22. The number of likely N-dealkylation sites (tertiary alicyclic amines) is 1. The number of piperidine rings is 2. The van der Waals surface area contributed by atoms with E-state index in [-0.39, 0.29) is 21.8 Å². The maximum atomic E-state index is 13.4. The molecular formula is C24H33N3O4S. The van der Waals surface area contributed by atoms with Crippen LogP contribution >= 0.6 is 0 Å². The van der Waals surface area contributed by atoms with Crippen LogP contribution in [0, 0.1) is 17.8 Å². The van der Waals surface area contributed by atoms with Crippen molar-refractivity contribution in [2.75, 3.05) is 26.2 Å². The average molecular weight is 460 g/mol. The minimum atomic E-state index is -3.68. The topological polar surface area (TPSA) is 79.7 Å². The Hall–Kier alpha value is -2.19. The third-order valence-electron chi connectivity index (χ3n) is 6.93. The van der Waals surface area contributed by atoms with E-state index in [9.17, 15) is 18.0 Å². The first kappa shape index (κ1) is 23.0. The molecule has 174 valence electrons. The summed E-state index contributed by atoms with van der Waals surface area (Å²) in [6.45, 7) is 8.61. The molecule has 1 aromatic heterocycles. The molecule has 2 aliphatic heterocycles. The van der Waals surface area contributed by atoms with Crippen molar-refractivity contribution >= 4 is 26.8 Å². The fourth-order valence-corrected chi connectivity index (χ4v) is 6.65. The maximum absolute atomic E-state index is 13.4. The van der Waals surface area contributed by atoms with Gasteiger partial charge in [-0.15, -0.1) is 0 Å². The fraction of sp³-hybridized carbons (Fsp3) is 0.583. The van der Waals surface area contributed by atoms with Crippen molar-refractivity contribution in [3.05, 3.63) is 40.2 Å². The molecule has 4 rings (SSSR count). The van der Waals surface area contributed by atoms with E-state index in [0.717, 1.165) is 19.3 Å². The summed E-state index contributed by atoms with van der Waals surface area (Å²) in [5.74, 6) is 1.01. The molecule has 7 nitrogen and oxygen atoms in total. The van der Waals surface area contributed by atoms with Gasteiger partial charge in [0, 0.05) is 44.8 Å². The lowest BCUT2D eigenvalue weighted by molar-refractivity contribution is 0.0621. The van der Waals surface area contributed by atoms with Gasteiger partial charge in [-0.3, -0.25) is 9.59 Å². The molecule has 1 amide bonds. The predicted octanol–water partition coefficient (Wildman–Crippen LogP) is 3.08. The van der Waals surface area contributed by atoms with Crippen LogP contribution in [0.1, 0.15) is 50.4 Å². The quantitative estimate of drug-likeness (QED) is 0.707. The first-order valence-electron chi connectivity index (χ1n) is 11.5. The van der Waals surface area contributed by atoms with E-state index in [2.05, 4.69) is 20.8 Å². The molecule has 0 saturated carbocycles. The van der Waals surface area contributed by atoms with Crippen LogP contribution < -0.4 is 5.43 Å². The van der Waals surface area contributed by atoms with E-state index < -0.39 is 15.5 Å². The van der Waals surface area contributed by atoms with E-state index in [0.29, 0.717) is 49.4 Å². The van der Waals surface area contributed by atoms with E-state index in [1.807, 2.05) is 0 Å². The summed E-state index contributed by atoms with van der Waals surface area (Å²) < 4.78 is 29.7. The van der Waals surface area contributed by atoms with Gasteiger partial charge >= 0.3 is 0 Å². The minimum Gasteiger partial charge on any atom is -0.350 e. The van der Waals surface area contributed by atoms with Gasteiger partial charge in [0.2, 0.25) is 15.5 Å². The molecule has 2 aliphatic rings. The lowest BCUT2D eigenvalue weighted by atomic mass is 9.91. The van der Waals surface area contributed by atoms with Crippen LogP contribution in [0.15, 0.2) is 34.1 Å². The first-order chi connectivity index (χ1) is 15.1. The number of carbonyl (C=O) groups is 1. The smallest absolute Gasteiger partial charge is 0.259 e. The van der Waals surface area contributed by atoms with Gasteiger partial charge in [0.1, 0.15) is 5.56 Å². The van der Waals surface area contributed by atoms with Crippen LogP contribution in [-0.4, -0.2) is 54.3 Å². The predicted molar refractivity (Wildman–Crippen MR) is 125 cm³/mol. The standard InChI is InChI=1S/C24H33N3O4S/c1-16-7-9-27(10-8-16)32(30,31)19-5-6-22-20(12-19)23(28)21(15-25(22)4)24(29)26-13-17(2)11-18(3)14-26/h5-6,12,15-18H,7-11,13-14H2,1-4H3/t17-,18+. The lowest BCUT2D eigenvalue weighted by Gasteiger charge is -2.35. The normalized spacial score (nSPS) is 23.6.